The van der Waals surface area contributed by atoms with Gasteiger partial charge in [-0.05, 0) is 45.8 Å². The molecule has 1 aliphatic heterocycles. The van der Waals surface area contributed by atoms with E-state index in [1.807, 2.05) is 0 Å². The van der Waals surface area contributed by atoms with Gasteiger partial charge in [-0.3, -0.25) is 4.90 Å². The average Bonchev–Trinajstić information content (AvgIpc) is 2.40. The van der Waals surface area contributed by atoms with E-state index < -0.39 is 0 Å². The van der Waals surface area contributed by atoms with Gasteiger partial charge in [0.1, 0.15) is 0 Å². The number of likely N-dealkylation sites (N-methyl/N-ethyl adjacent to an activating group) is 1. The Kier molecular flexibility index (Phi) is 6.94. The van der Waals surface area contributed by atoms with E-state index in [0.29, 0.717) is 6.04 Å². The van der Waals surface area contributed by atoms with E-state index in [4.69, 9.17) is 0 Å². The summed E-state index contributed by atoms with van der Waals surface area (Å²) in [4.78, 5) is 5.15. The predicted molar refractivity (Wildman–Crippen MR) is 75.3 cm³/mol. The first-order chi connectivity index (χ1) is 7.67. The standard InChI is InChI=1S/C13H27BrN2/c1-4-6-13(9-14)11-16-8-5-7-15(3)10-12(16)2/h12-13H,4-11H2,1-3H3. The normalized spacial score (nSPS) is 26.6. The van der Waals surface area contributed by atoms with E-state index in [1.165, 1.54) is 45.4 Å². The van der Waals surface area contributed by atoms with Crippen LogP contribution >= 0.6 is 15.9 Å². The largest absolute Gasteiger partial charge is 0.305 e. The summed E-state index contributed by atoms with van der Waals surface area (Å²) in [5, 5.41) is 1.15. The van der Waals surface area contributed by atoms with Crippen LogP contribution in [0.1, 0.15) is 33.1 Å². The maximum atomic E-state index is 3.66. The van der Waals surface area contributed by atoms with Gasteiger partial charge in [-0.2, -0.15) is 0 Å². The third kappa shape index (κ3) is 4.72. The van der Waals surface area contributed by atoms with Gasteiger partial charge in [0.05, 0.1) is 0 Å². The lowest BCUT2D eigenvalue weighted by Crippen LogP contribution is -2.41. The van der Waals surface area contributed by atoms with Gasteiger partial charge >= 0.3 is 0 Å². The third-order valence-electron chi connectivity index (χ3n) is 3.59. The lowest BCUT2D eigenvalue weighted by Gasteiger charge is -2.31. The van der Waals surface area contributed by atoms with E-state index in [1.54, 1.807) is 0 Å². The first-order valence-electron chi connectivity index (χ1n) is 6.66. The van der Waals surface area contributed by atoms with Crippen molar-refractivity contribution in [3.63, 3.8) is 0 Å². The fourth-order valence-electron chi connectivity index (χ4n) is 2.65. The molecular weight excluding hydrogens is 264 g/mol. The molecule has 2 atom stereocenters. The van der Waals surface area contributed by atoms with Crippen LogP contribution in [0.3, 0.4) is 0 Å². The summed E-state index contributed by atoms with van der Waals surface area (Å²) in [6, 6.07) is 0.714. The van der Waals surface area contributed by atoms with Gasteiger partial charge in [0.15, 0.2) is 0 Å². The minimum atomic E-state index is 0.714. The topological polar surface area (TPSA) is 6.48 Å². The Morgan fingerprint density at radius 1 is 1.38 bits per heavy atom. The summed E-state index contributed by atoms with van der Waals surface area (Å²) in [6.07, 6.45) is 3.98. The number of rotatable bonds is 5. The molecule has 1 saturated heterocycles. The Bertz CT molecular complexity index is 187. The van der Waals surface area contributed by atoms with Crippen LogP contribution < -0.4 is 0 Å². The highest BCUT2D eigenvalue weighted by Gasteiger charge is 2.21. The van der Waals surface area contributed by atoms with Gasteiger partial charge in [-0.15, -0.1) is 0 Å². The lowest BCUT2D eigenvalue weighted by atomic mass is 10.0. The second-order valence-electron chi connectivity index (χ2n) is 5.27. The molecule has 0 N–H and O–H groups in total. The Morgan fingerprint density at radius 2 is 2.12 bits per heavy atom. The number of halogens is 1. The number of hydrogen-bond donors (Lipinski definition) is 0. The number of hydrogen-bond acceptors (Lipinski definition) is 2. The highest BCUT2D eigenvalue weighted by molar-refractivity contribution is 9.09. The molecule has 96 valence electrons. The van der Waals surface area contributed by atoms with Crippen LogP contribution in [0.25, 0.3) is 0 Å². The number of nitrogens with zero attached hydrogens (tertiary/aromatic N) is 2. The first-order valence-corrected chi connectivity index (χ1v) is 7.78. The molecule has 0 aromatic rings. The van der Waals surface area contributed by atoms with Crippen molar-refractivity contribution in [1.82, 2.24) is 9.80 Å². The predicted octanol–water partition coefficient (Wildman–Crippen LogP) is 2.82. The molecule has 16 heavy (non-hydrogen) atoms. The molecule has 0 aromatic heterocycles. The van der Waals surface area contributed by atoms with E-state index in [2.05, 4.69) is 46.6 Å². The Hall–Kier alpha value is 0.400. The molecule has 1 aliphatic rings. The lowest BCUT2D eigenvalue weighted by molar-refractivity contribution is 0.176. The van der Waals surface area contributed by atoms with Crippen molar-refractivity contribution >= 4 is 15.9 Å². The molecule has 1 rings (SSSR count). The molecule has 1 heterocycles. The van der Waals surface area contributed by atoms with Crippen molar-refractivity contribution in [1.29, 1.82) is 0 Å². The minimum Gasteiger partial charge on any atom is -0.305 e. The zero-order valence-electron chi connectivity index (χ0n) is 11.1. The minimum absolute atomic E-state index is 0.714. The van der Waals surface area contributed by atoms with E-state index in [-0.39, 0.29) is 0 Å². The van der Waals surface area contributed by atoms with Crippen molar-refractivity contribution in [2.24, 2.45) is 5.92 Å². The van der Waals surface area contributed by atoms with Crippen LogP contribution in [-0.4, -0.2) is 54.4 Å². The molecule has 0 aromatic carbocycles. The average molecular weight is 291 g/mol. The quantitative estimate of drug-likeness (QED) is 0.719. The summed E-state index contributed by atoms with van der Waals surface area (Å²) >= 11 is 3.66. The third-order valence-corrected chi connectivity index (χ3v) is 4.51. The fourth-order valence-corrected chi connectivity index (χ4v) is 3.18. The Labute approximate surface area is 109 Å². The maximum Gasteiger partial charge on any atom is 0.0194 e. The van der Waals surface area contributed by atoms with Crippen molar-refractivity contribution < 1.29 is 0 Å². The van der Waals surface area contributed by atoms with E-state index >= 15 is 0 Å². The van der Waals surface area contributed by atoms with Crippen LogP contribution in [0, 0.1) is 5.92 Å². The van der Waals surface area contributed by atoms with Crippen molar-refractivity contribution in [2.45, 2.75) is 39.2 Å². The smallest absolute Gasteiger partial charge is 0.0194 e. The molecule has 2 unspecified atom stereocenters. The van der Waals surface area contributed by atoms with E-state index in [9.17, 15) is 0 Å². The highest BCUT2D eigenvalue weighted by Crippen LogP contribution is 2.16. The van der Waals surface area contributed by atoms with Crippen molar-refractivity contribution in [2.75, 3.05) is 38.6 Å². The summed E-state index contributed by atoms with van der Waals surface area (Å²) in [6.45, 7) is 9.69. The van der Waals surface area contributed by atoms with Crippen LogP contribution in [0.4, 0.5) is 0 Å². The Balaban J connectivity index is 2.44. The molecule has 2 nitrogen and oxygen atoms in total. The van der Waals surface area contributed by atoms with Crippen LogP contribution in [0.5, 0.6) is 0 Å². The summed E-state index contributed by atoms with van der Waals surface area (Å²) in [5.74, 6) is 0.829. The second-order valence-corrected chi connectivity index (χ2v) is 5.92. The molecule has 0 radical (unpaired) electrons. The molecule has 0 spiro atoms. The molecule has 1 fully saturated rings. The Morgan fingerprint density at radius 3 is 2.75 bits per heavy atom. The van der Waals surface area contributed by atoms with Gasteiger partial charge in [0, 0.05) is 24.5 Å². The SMILES string of the molecule is CCCC(CBr)CN1CCCN(C)CC1C. The van der Waals surface area contributed by atoms with Crippen molar-refractivity contribution in [3.8, 4) is 0 Å². The van der Waals surface area contributed by atoms with Gasteiger partial charge in [-0.25, -0.2) is 0 Å². The second kappa shape index (κ2) is 7.67. The zero-order valence-corrected chi connectivity index (χ0v) is 12.7. The van der Waals surface area contributed by atoms with Gasteiger partial charge in [-0.1, -0.05) is 29.3 Å². The van der Waals surface area contributed by atoms with Crippen LogP contribution in [0.15, 0.2) is 0 Å². The molecule has 0 aliphatic carbocycles. The highest BCUT2D eigenvalue weighted by atomic mass is 79.9. The van der Waals surface area contributed by atoms with Crippen molar-refractivity contribution in [3.05, 3.63) is 0 Å². The van der Waals surface area contributed by atoms with Crippen LogP contribution in [0.2, 0.25) is 0 Å². The molecule has 0 bridgehead atoms. The van der Waals surface area contributed by atoms with E-state index in [0.717, 1.165) is 11.2 Å². The maximum absolute atomic E-state index is 3.66. The molecule has 3 heteroatoms. The zero-order chi connectivity index (χ0) is 12.0. The van der Waals surface area contributed by atoms with Gasteiger partial charge < -0.3 is 4.90 Å². The first kappa shape index (κ1) is 14.5. The monoisotopic (exact) mass is 290 g/mol. The molecular formula is C13H27BrN2. The summed E-state index contributed by atoms with van der Waals surface area (Å²) < 4.78 is 0. The van der Waals surface area contributed by atoms with Gasteiger partial charge in [0.25, 0.3) is 0 Å². The van der Waals surface area contributed by atoms with Gasteiger partial charge in [0.2, 0.25) is 0 Å². The van der Waals surface area contributed by atoms with Crippen LogP contribution in [-0.2, 0) is 0 Å². The fraction of sp³-hybridized carbons (Fsp3) is 1.00. The molecule has 0 amide bonds. The number of alkyl halides is 1. The summed E-state index contributed by atoms with van der Waals surface area (Å²) in [5.41, 5.74) is 0. The molecule has 0 saturated carbocycles. The summed E-state index contributed by atoms with van der Waals surface area (Å²) in [7, 11) is 2.24.